The Morgan fingerprint density at radius 3 is 2.71 bits per heavy atom. The minimum Gasteiger partial charge on any atom is -0.295 e. The lowest BCUT2D eigenvalue weighted by Gasteiger charge is -2.15. The van der Waals surface area contributed by atoms with E-state index in [2.05, 4.69) is 4.98 Å². The Kier molecular flexibility index (Phi) is 2.35. The van der Waals surface area contributed by atoms with Crippen molar-refractivity contribution in [3.05, 3.63) is 69.6 Å². The smallest absolute Gasteiger partial charge is 0.214 e. The van der Waals surface area contributed by atoms with Crippen molar-refractivity contribution in [1.82, 2.24) is 9.38 Å². The molecule has 0 amide bonds. The molecule has 2 aromatic heterocycles. The molecule has 3 aromatic rings. The van der Waals surface area contributed by atoms with E-state index in [1.807, 2.05) is 13.0 Å². The predicted octanol–water partition coefficient (Wildman–Crippen LogP) is 3.07. The summed E-state index contributed by atoms with van der Waals surface area (Å²) in [5.41, 5.74) is 2.68. The summed E-state index contributed by atoms with van der Waals surface area (Å²) >= 11 is 5.99. The molecule has 1 aromatic carbocycles. The van der Waals surface area contributed by atoms with E-state index in [1.165, 1.54) is 0 Å². The number of halogens is 1. The van der Waals surface area contributed by atoms with Crippen LogP contribution in [0.1, 0.15) is 37.7 Å². The molecular weight excluding hydrogens is 288 g/mol. The van der Waals surface area contributed by atoms with Crippen LogP contribution in [0.5, 0.6) is 0 Å². The maximum absolute atomic E-state index is 12.8. The molecular formula is C16H9ClN2O2. The highest BCUT2D eigenvalue weighted by Gasteiger charge is 2.35. The van der Waals surface area contributed by atoms with Gasteiger partial charge in [0.15, 0.2) is 0 Å². The highest BCUT2D eigenvalue weighted by atomic mass is 35.5. The first-order valence-electron chi connectivity index (χ1n) is 6.44. The second kappa shape index (κ2) is 4.02. The summed E-state index contributed by atoms with van der Waals surface area (Å²) in [4.78, 5) is 29.7. The van der Waals surface area contributed by atoms with Crippen molar-refractivity contribution in [3.8, 4) is 0 Å². The van der Waals surface area contributed by atoms with Crippen LogP contribution in [-0.4, -0.2) is 21.0 Å². The van der Waals surface area contributed by atoms with Crippen LogP contribution in [0.15, 0.2) is 36.5 Å². The number of carbonyl (C=O) groups excluding carboxylic acids is 2. The Hall–Kier alpha value is -2.46. The van der Waals surface area contributed by atoms with Gasteiger partial charge in [-0.05, 0) is 24.6 Å². The van der Waals surface area contributed by atoms with E-state index < -0.39 is 0 Å². The van der Waals surface area contributed by atoms with E-state index >= 15 is 0 Å². The van der Waals surface area contributed by atoms with Crippen LogP contribution in [0.25, 0.3) is 5.65 Å². The molecule has 102 valence electrons. The SMILES string of the molecule is Cc1cccc2c1C(=O)c1c(nc3ccc(Cl)cn13)C2=O. The van der Waals surface area contributed by atoms with Crippen LogP contribution in [0.3, 0.4) is 0 Å². The minimum atomic E-state index is -0.219. The van der Waals surface area contributed by atoms with Crippen LogP contribution in [-0.2, 0) is 0 Å². The Bertz CT molecular complexity index is 956. The summed E-state index contributed by atoms with van der Waals surface area (Å²) in [7, 11) is 0. The summed E-state index contributed by atoms with van der Waals surface area (Å²) in [6.07, 6.45) is 1.61. The molecule has 0 bridgehead atoms. The van der Waals surface area contributed by atoms with Crippen molar-refractivity contribution in [2.75, 3.05) is 0 Å². The third-order valence-electron chi connectivity index (χ3n) is 3.76. The third kappa shape index (κ3) is 1.53. The summed E-state index contributed by atoms with van der Waals surface area (Å²) in [5, 5.41) is 0.485. The lowest BCUT2D eigenvalue weighted by atomic mass is 9.87. The van der Waals surface area contributed by atoms with Crippen molar-refractivity contribution in [2.24, 2.45) is 0 Å². The molecule has 0 saturated carbocycles. The fraction of sp³-hybridized carbons (Fsp3) is 0.0625. The predicted molar refractivity (Wildman–Crippen MR) is 78.2 cm³/mol. The summed E-state index contributed by atoms with van der Waals surface area (Å²) in [6.45, 7) is 1.82. The van der Waals surface area contributed by atoms with E-state index in [0.717, 1.165) is 5.56 Å². The zero-order chi connectivity index (χ0) is 14.7. The highest BCUT2D eigenvalue weighted by molar-refractivity contribution is 6.31. The highest BCUT2D eigenvalue weighted by Crippen LogP contribution is 2.30. The van der Waals surface area contributed by atoms with Gasteiger partial charge in [-0.15, -0.1) is 0 Å². The number of rotatable bonds is 0. The zero-order valence-corrected chi connectivity index (χ0v) is 11.8. The fourth-order valence-corrected chi connectivity index (χ4v) is 2.96. The van der Waals surface area contributed by atoms with Gasteiger partial charge in [-0.3, -0.25) is 14.0 Å². The van der Waals surface area contributed by atoms with Gasteiger partial charge in [0, 0.05) is 17.3 Å². The van der Waals surface area contributed by atoms with Crippen LogP contribution < -0.4 is 0 Å². The molecule has 0 unspecified atom stereocenters. The first-order chi connectivity index (χ1) is 10.1. The first-order valence-corrected chi connectivity index (χ1v) is 6.82. The molecule has 4 rings (SSSR count). The number of imidazole rings is 1. The number of aromatic nitrogens is 2. The molecule has 4 nitrogen and oxygen atoms in total. The monoisotopic (exact) mass is 296 g/mol. The number of hydrogen-bond donors (Lipinski definition) is 0. The molecule has 5 heteroatoms. The average molecular weight is 297 g/mol. The Balaban J connectivity index is 2.13. The van der Waals surface area contributed by atoms with E-state index in [-0.39, 0.29) is 17.3 Å². The molecule has 0 radical (unpaired) electrons. The number of pyridine rings is 1. The third-order valence-corrected chi connectivity index (χ3v) is 3.98. The number of ketones is 2. The topological polar surface area (TPSA) is 51.4 Å². The maximum Gasteiger partial charge on any atom is 0.214 e. The van der Waals surface area contributed by atoms with E-state index in [1.54, 1.807) is 34.9 Å². The van der Waals surface area contributed by atoms with Gasteiger partial charge in [0.25, 0.3) is 0 Å². The van der Waals surface area contributed by atoms with Gasteiger partial charge in [-0.2, -0.15) is 0 Å². The molecule has 0 saturated heterocycles. The van der Waals surface area contributed by atoms with E-state index in [9.17, 15) is 9.59 Å². The Morgan fingerprint density at radius 1 is 1.10 bits per heavy atom. The maximum atomic E-state index is 12.8. The van der Waals surface area contributed by atoms with Crippen LogP contribution in [0, 0.1) is 6.92 Å². The molecule has 0 atom stereocenters. The van der Waals surface area contributed by atoms with Gasteiger partial charge in [-0.25, -0.2) is 4.98 Å². The van der Waals surface area contributed by atoms with Crippen molar-refractivity contribution >= 4 is 28.8 Å². The number of fused-ring (bicyclic) bond motifs is 4. The summed E-state index contributed by atoms with van der Waals surface area (Å²) < 4.78 is 1.59. The molecule has 1 aliphatic carbocycles. The van der Waals surface area contributed by atoms with Gasteiger partial charge in [0.2, 0.25) is 11.6 Å². The summed E-state index contributed by atoms with van der Waals surface area (Å²) in [5.74, 6) is -0.407. The van der Waals surface area contributed by atoms with Gasteiger partial charge >= 0.3 is 0 Å². The van der Waals surface area contributed by atoms with Gasteiger partial charge in [0.1, 0.15) is 17.0 Å². The molecule has 1 aliphatic rings. The van der Waals surface area contributed by atoms with Crippen molar-refractivity contribution < 1.29 is 9.59 Å². The number of hydrogen-bond acceptors (Lipinski definition) is 3. The van der Waals surface area contributed by atoms with Crippen molar-refractivity contribution in [1.29, 1.82) is 0 Å². The minimum absolute atomic E-state index is 0.188. The average Bonchev–Trinajstić information content (AvgIpc) is 2.83. The molecule has 0 aliphatic heterocycles. The lowest BCUT2D eigenvalue weighted by molar-refractivity contribution is 0.0972. The molecule has 0 spiro atoms. The van der Waals surface area contributed by atoms with Crippen LogP contribution in [0.4, 0.5) is 0 Å². The van der Waals surface area contributed by atoms with Crippen LogP contribution >= 0.6 is 11.6 Å². The van der Waals surface area contributed by atoms with Gasteiger partial charge < -0.3 is 0 Å². The van der Waals surface area contributed by atoms with Crippen molar-refractivity contribution in [2.45, 2.75) is 6.92 Å². The number of carbonyl (C=O) groups is 2. The van der Waals surface area contributed by atoms with Crippen molar-refractivity contribution in [3.63, 3.8) is 0 Å². The molecule has 21 heavy (non-hydrogen) atoms. The standard InChI is InChI=1S/C16H9ClN2O2/c1-8-3-2-4-10-12(8)16(21)14-13(15(10)20)18-11-6-5-9(17)7-19(11)14/h2-7H,1H3. The molecule has 0 fully saturated rings. The Morgan fingerprint density at radius 2 is 1.90 bits per heavy atom. The second-order valence-electron chi connectivity index (χ2n) is 5.04. The second-order valence-corrected chi connectivity index (χ2v) is 5.48. The number of aryl methyl sites for hydroxylation is 1. The molecule has 0 N–H and O–H groups in total. The number of nitrogens with zero attached hydrogens (tertiary/aromatic N) is 2. The van der Waals surface area contributed by atoms with E-state index in [4.69, 9.17) is 11.6 Å². The zero-order valence-electron chi connectivity index (χ0n) is 11.1. The molecule has 2 heterocycles. The Labute approximate surface area is 125 Å². The lowest BCUT2D eigenvalue weighted by Crippen LogP contribution is -2.22. The quantitative estimate of drug-likeness (QED) is 0.501. The van der Waals surface area contributed by atoms with Gasteiger partial charge in [0.05, 0.1) is 5.02 Å². The summed E-state index contributed by atoms with van der Waals surface area (Å²) in [6, 6.07) is 8.64. The number of benzene rings is 1. The van der Waals surface area contributed by atoms with Gasteiger partial charge in [-0.1, -0.05) is 29.8 Å². The van der Waals surface area contributed by atoms with Crippen LogP contribution in [0.2, 0.25) is 5.02 Å². The first kappa shape index (κ1) is 12.3. The normalized spacial score (nSPS) is 13.4. The van der Waals surface area contributed by atoms with E-state index in [0.29, 0.717) is 27.5 Å². The fourth-order valence-electron chi connectivity index (χ4n) is 2.80. The largest absolute Gasteiger partial charge is 0.295 e.